The molecular weight excluding hydrogens is 473 g/mol. The molecule has 34 heavy (non-hydrogen) atoms. The summed E-state index contributed by atoms with van der Waals surface area (Å²) in [5, 5.41) is 3.10. The first-order valence-electron chi connectivity index (χ1n) is 9.68. The van der Waals surface area contributed by atoms with Gasteiger partial charge in [0.2, 0.25) is 0 Å². The van der Waals surface area contributed by atoms with Crippen LogP contribution in [0.3, 0.4) is 0 Å². The summed E-state index contributed by atoms with van der Waals surface area (Å²) in [5.41, 5.74) is 0.740. The minimum atomic E-state index is -5.03. The molecule has 2 aromatic carbocycles. The quantitative estimate of drug-likeness (QED) is 0.395. The number of imidazole rings is 1. The molecule has 0 unspecified atom stereocenters. The number of para-hydroxylation sites is 1. The van der Waals surface area contributed by atoms with E-state index in [9.17, 15) is 21.6 Å². The van der Waals surface area contributed by atoms with Gasteiger partial charge in [0, 0.05) is 29.8 Å². The standard InChI is InChI=1S/C21H17F3N6O3S/c1-14-26-19(12-20(27-14)30-11-10-25-13-30)28-15-6-8-16(9-7-15)29-34(31,32)18-5-3-2-4-17(18)33-21(22,23)24/h2-13,29H,1H3,(H,26,27,28). The SMILES string of the molecule is Cc1nc(Nc2ccc(NS(=O)(=O)c3ccccc3OC(F)(F)F)cc2)cc(-n2ccnc2)n1. The van der Waals surface area contributed by atoms with Crippen LogP contribution in [-0.2, 0) is 10.0 Å². The number of nitrogens with zero attached hydrogens (tertiary/aromatic N) is 4. The largest absolute Gasteiger partial charge is 0.573 e. The van der Waals surface area contributed by atoms with Gasteiger partial charge in [-0.2, -0.15) is 0 Å². The van der Waals surface area contributed by atoms with Gasteiger partial charge in [-0.3, -0.25) is 9.29 Å². The highest BCUT2D eigenvalue weighted by Crippen LogP contribution is 2.31. The maximum atomic E-state index is 12.7. The number of nitrogens with one attached hydrogen (secondary N) is 2. The van der Waals surface area contributed by atoms with E-state index in [4.69, 9.17) is 0 Å². The highest BCUT2D eigenvalue weighted by molar-refractivity contribution is 7.92. The molecule has 0 spiro atoms. The highest BCUT2D eigenvalue weighted by atomic mass is 32.2. The third-order valence-electron chi connectivity index (χ3n) is 4.37. The van der Waals surface area contributed by atoms with Crippen molar-refractivity contribution in [2.24, 2.45) is 0 Å². The molecule has 13 heteroatoms. The van der Waals surface area contributed by atoms with E-state index in [1.165, 1.54) is 24.3 Å². The number of aromatic nitrogens is 4. The summed E-state index contributed by atoms with van der Waals surface area (Å²) in [6.45, 7) is 1.74. The number of aryl methyl sites for hydroxylation is 1. The molecule has 0 saturated carbocycles. The third-order valence-corrected chi connectivity index (χ3v) is 5.79. The second-order valence-electron chi connectivity index (χ2n) is 6.93. The lowest BCUT2D eigenvalue weighted by molar-refractivity contribution is -0.275. The Morgan fingerprint density at radius 3 is 2.38 bits per heavy atom. The molecule has 176 valence electrons. The van der Waals surface area contributed by atoms with E-state index in [2.05, 4.69) is 29.7 Å². The molecule has 2 heterocycles. The normalized spacial score (nSPS) is 11.8. The first-order valence-corrected chi connectivity index (χ1v) is 11.2. The van der Waals surface area contributed by atoms with Crippen LogP contribution >= 0.6 is 0 Å². The zero-order valence-electron chi connectivity index (χ0n) is 17.5. The topological polar surface area (TPSA) is 111 Å². The molecule has 4 rings (SSSR count). The Morgan fingerprint density at radius 1 is 1.00 bits per heavy atom. The first-order chi connectivity index (χ1) is 16.1. The summed E-state index contributed by atoms with van der Waals surface area (Å²) < 4.78 is 71.1. The van der Waals surface area contributed by atoms with Gasteiger partial charge in [0.15, 0.2) is 0 Å². The number of hydrogen-bond acceptors (Lipinski definition) is 7. The van der Waals surface area contributed by atoms with Crippen molar-refractivity contribution in [2.75, 3.05) is 10.0 Å². The average Bonchev–Trinajstić information content (AvgIpc) is 3.29. The van der Waals surface area contributed by atoms with Crippen LogP contribution in [0.5, 0.6) is 5.75 Å². The average molecular weight is 490 g/mol. The molecule has 0 bridgehead atoms. The maximum Gasteiger partial charge on any atom is 0.573 e. The van der Waals surface area contributed by atoms with Crippen molar-refractivity contribution in [1.29, 1.82) is 0 Å². The fourth-order valence-corrected chi connectivity index (χ4v) is 4.19. The fraction of sp³-hybridized carbons (Fsp3) is 0.0952. The number of halogens is 3. The van der Waals surface area contributed by atoms with Crippen LogP contribution in [0.2, 0.25) is 0 Å². The lowest BCUT2D eigenvalue weighted by Gasteiger charge is -2.15. The van der Waals surface area contributed by atoms with Crippen LogP contribution < -0.4 is 14.8 Å². The molecule has 2 N–H and O–H groups in total. The van der Waals surface area contributed by atoms with E-state index < -0.39 is 27.0 Å². The third kappa shape index (κ3) is 5.61. The second-order valence-corrected chi connectivity index (χ2v) is 8.58. The van der Waals surface area contributed by atoms with Crippen molar-refractivity contribution < 1.29 is 26.3 Å². The van der Waals surface area contributed by atoms with Crippen molar-refractivity contribution in [3.63, 3.8) is 0 Å². The molecule has 0 aliphatic rings. The summed E-state index contributed by atoms with van der Waals surface area (Å²) in [6, 6.07) is 12.3. The number of ether oxygens (including phenoxy) is 1. The minimum Gasteiger partial charge on any atom is -0.404 e. The van der Waals surface area contributed by atoms with Gasteiger partial charge in [-0.05, 0) is 43.3 Å². The van der Waals surface area contributed by atoms with Crippen molar-refractivity contribution in [3.8, 4) is 11.6 Å². The highest BCUT2D eigenvalue weighted by Gasteiger charge is 2.34. The summed E-state index contributed by atoms with van der Waals surface area (Å²) in [4.78, 5) is 12.0. The van der Waals surface area contributed by atoms with Crippen molar-refractivity contribution >= 4 is 27.2 Å². The molecule has 0 radical (unpaired) electrons. The van der Waals surface area contributed by atoms with Gasteiger partial charge in [0.05, 0.1) is 0 Å². The predicted octanol–water partition coefficient (Wildman–Crippen LogP) is 4.41. The fourth-order valence-electron chi connectivity index (χ4n) is 3.00. The van der Waals surface area contributed by atoms with Crippen LogP contribution in [-0.4, -0.2) is 34.3 Å². The monoisotopic (exact) mass is 490 g/mol. The van der Waals surface area contributed by atoms with Gasteiger partial charge in [0.25, 0.3) is 10.0 Å². The van der Waals surface area contributed by atoms with Gasteiger partial charge < -0.3 is 10.1 Å². The number of benzene rings is 2. The predicted molar refractivity (Wildman–Crippen MR) is 118 cm³/mol. The van der Waals surface area contributed by atoms with Crippen LogP contribution in [0.1, 0.15) is 5.82 Å². The molecule has 2 aromatic heterocycles. The minimum absolute atomic E-state index is 0.144. The lowest BCUT2D eigenvalue weighted by atomic mass is 10.3. The Hall–Kier alpha value is -4.13. The number of alkyl halides is 3. The van der Waals surface area contributed by atoms with Crippen LogP contribution in [0.4, 0.5) is 30.4 Å². The van der Waals surface area contributed by atoms with Gasteiger partial charge in [0.1, 0.15) is 34.4 Å². The molecule has 0 saturated heterocycles. The zero-order valence-corrected chi connectivity index (χ0v) is 18.3. The summed E-state index contributed by atoms with van der Waals surface area (Å²) >= 11 is 0. The molecule has 0 atom stereocenters. The Labute approximate surface area is 192 Å². The Bertz CT molecular complexity index is 1390. The maximum absolute atomic E-state index is 12.7. The van der Waals surface area contributed by atoms with Crippen molar-refractivity contribution in [1.82, 2.24) is 19.5 Å². The van der Waals surface area contributed by atoms with Gasteiger partial charge in [-0.1, -0.05) is 12.1 Å². The van der Waals surface area contributed by atoms with Gasteiger partial charge in [-0.15, -0.1) is 13.2 Å². The Balaban J connectivity index is 1.51. The summed E-state index contributed by atoms with van der Waals surface area (Å²) in [7, 11) is -4.35. The number of rotatable bonds is 7. The van der Waals surface area contributed by atoms with E-state index in [0.717, 1.165) is 12.1 Å². The van der Waals surface area contributed by atoms with Crippen LogP contribution in [0.15, 0.2) is 78.2 Å². The molecular formula is C21H17F3N6O3S. The number of sulfonamides is 1. The van der Waals surface area contributed by atoms with E-state index in [1.54, 1.807) is 48.4 Å². The Kier molecular flexibility index (Phi) is 6.11. The number of hydrogen-bond donors (Lipinski definition) is 2. The van der Waals surface area contributed by atoms with E-state index >= 15 is 0 Å². The Morgan fingerprint density at radius 2 is 1.71 bits per heavy atom. The van der Waals surface area contributed by atoms with Gasteiger partial charge >= 0.3 is 6.36 Å². The molecule has 0 aliphatic heterocycles. The molecule has 0 amide bonds. The number of anilines is 3. The van der Waals surface area contributed by atoms with E-state index in [1.807, 2.05) is 0 Å². The summed E-state index contributed by atoms with van der Waals surface area (Å²) in [5.74, 6) is 0.811. The molecule has 4 aromatic rings. The molecule has 0 fully saturated rings. The molecule has 0 aliphatic carbocycles. The first kappa shape index (κ1) is 23.0. The smallest absolute Gasteiger partial charge is 0.404 e. The van der Waals surface area contributed by atoms with Crippen molar-refractivity contribution in [3.05, 3.63) is 79.1 Å². The van der Waals surface area contributed by atoms with Crippen molar-refractivity contribution in [2.45, 2.75) is 18.2 Å². The van der Waals surface area contributed by atoms with Gasteiger partial charge in [-0.25, -0.2) is 23.4 Å². The summed E-state index contributed by atoms with van der Waals surface area (Å²) in [6.07, 6.45) is -0.0668. The van der Waals surface area contributed by atoms with E-state index in [-0.39, 0.29) is 5.69 Å². The molecule has 9 nitrogen and oxygen atoms in total. The zero-order chi connectivity index (χ0) is 24.3. The lowest BCUT2D eigenvalue weighted by Crippen LogP contribution is -2.20. The van der Waals surface area contributed by atoms with Crippen LogP contribution in [0, 0.1) is 6.92 Å². The van der Waals surface area contributed by atoms with Crippen LogP contribution in [0.25, 0.3) is 5.82 Å². The van der Waals surface area contributed by atoms with E-state index in [0.29, 0.717) is 23.1 Å². The second kappa shape index (κ2) is 9.02.